The van der Waals surface area contributed by atoms with E-state index in [1.54, 1.807) is 6.92 Å². The van der Waals surface area contributed by atoms with Crippen LogP contribution in [0.4, 0.5) is 5.69 Å². The predicted molar refractivity (Wildman–Crippen MR) is 68.1 cm³/mol. The van der Waals surface area contributed by atoms with Crippen LogP contribution in [0.25, 0.3) is 0 Å². The number of rotatable bonds is 3. The fraction of sp³-hybridized carbons (Fsp3) is 0.200. The Bertz CT molecular complexity index is 607. The summed E-state index contributed by atoms with van der Waals surface area (Å²) in [6.07, 6.45) is 5.71. The molecule has 7 nitrogen and oxygen atoms in total. The van der Waals surface area contributed by atoms with Gasteiger partial charge in [0, 0.05) is 12.4 Å². The lowest BCUT2D eigenvalue weighted by molar-refractivity contribution is -0.119. The molecule has 0 saturated carbocycles. The van der Waals surface area contributed by atoms with Crippen molar-refractivity contribution in [3.8, 4) is 0 Å². The molecule has 0 fully saturated rings. The zero-order valence-electron chi connectivity index (χ0n) is 9.42. The summed E-state index contributed by atoms with van der Waals surface area (Å²) in [5, 5.41) is 6.41. The molecule has 0 bridgehead atoms. The van der Waals surface area contributed by atoms with E-state index in [9.17, 15) is 9.59 Å². The molecule has 0 spiro atoms. The number of H-pyrrole nitrogens is 1. The Kier molecular flexibility index (Phi) is 3.56. The quantitative estimate of drug-likeness (QED) is 0.882. The Morgan fingerprint density at radius 2 is 2.33 bits per heavy atom. The maximum atomic E-state index is 11.9. The van der Waals surface area contributed by atoms with Crippen molar-refractivity contribution in [2.45, 2.75) is 13.0 Å². The van der Waals surface area contributed by atoms with Crippen LogP contribution in [-0.4, -0.2) is 25.7 Å². The summed E-state index contributed by atoms with van der Waals surface area (Å²) in [7, 11) is 0. The molecule has 0 aliphatic rings. The summed E-state index contributed by atoms with van der Waals surface area (Å²) >= 11 is 3.09. The van der Waals surface area contributed by atoms with Gasteiger partial charge in [-0.2, -0.15) is 5.10 Å². The van der Waals surface area contributed by atoms with Gasteiger partial charge < -0.3 is 10.3 Å². The lowest BCUT2D eigenvalue weighted by atomic mass is 10.3. The maximum Gasteiger partial charge on any atom is 0.249 e. The predicted octanol–water partition coefficient (Wildman–Crippen LogP) is 0.929. The highest BCUT2D eigenvalue weighted by Gasteiger charge is 2.17. The Balaban J connectivity index is 2.17. The number of hydrogen-bond donors (Lipinski definition) is 2. The summed E-state index contributed by atoms with van der Waals surface area (Å²) in [4.78, 5) is 30.1. The van der Waals surface area contributed by atoms with Crippen LogP contribution in [0.1, 0.15) is 13.0 Å². The fourth-order valence-electron chi connectivity index (χ4n) is 1.33. The molecule has 0 radical (unpaired) electrons. The Morgan fingerprint density at radius 3 is 3.00 bits per heavy atom. The molecule has 94 valence electrons. The van der Waals surface area contributed by atoms with E-state index in [4.69, 9.17) is 0 Å². The summed E-state index contributed by atoms with van der Waals surface area (Å²) < 4.78 is 1.76. The Hall–Kier alpha value is -1.96. The summed E-state index contributed by atoms with van der Waals surface area (Å²) in [5.41, 5.74) is -0.103. The molecule has 2 aromatic heterocycles. The fourth-order valence-corrected chi connectivity index (χ4v) is 1.67. The van der Waals surface area contributed by atoms with Gasteiger partial charge in [-0.1, -0.05) is 0 Å². The Morgan fingerprint density at radius 1 is 1.56 bits per heavy atom. The number of carbonyl (C=O) groups is 1. The number of anilines is 1. The maximum absolute atomic E-state index is 11.9. The van der Waals surface area contributed by atoms with E-state index in [0.29, 0.717) is 4.47 Å². The molecule has 1 atom stereocenters. The number of aromatic nitrogens is 4. The number of nitrogens with zero attached hydrogens (tertiary/aromatic N) is 3. The molecule has 2 rings (SSSR count). The molecule has 0 saturated heterocycles. The van der Waals surface area contributed by atoms with Gasteiger partial charge in [-0.15, -0.1) is 0 Å². The lowest BCUT2D eigenvalue weighted by Crippen LogP contribution is -2.26. The van der Waals surface area contributed by atoms with Gasteiger partial charge in [0.1, 0.15) is 24.4 Å². The second-order valence-corrected chi connectivity index (χ2v) is 4.44. The van der Waals surface area contributed by atoms with E-state index in [1.807, 2.05) is 0 Å². The zero-order chi connectivity index (χ0) is 13.1. The molecule has 0 aliphatic carbocycles. The summed E-state index contributed by atoms with van der Waals surface area (Å²) in [5.74, 6) is -0.343. The highest BCUT2D eigenvalue weighted by molar-refractivity contribution is 9.10. The normalized spacial score (nSPS) is 12.1. The molecule has 2 heterocycles. The van der Waals surface area contributed by atoms with Gasteiger partial charge >= 0.3 is 0 Å². The van der Waals surface area contributed by atoms with Crippen LogP contribution >= 0.6 is 15.9 Å². The van der Waals surface area contributed by atoms with Gasteiger partial charge in [0.25, 0.3) is 0 Å². The zero-order valence-corrected chi connectivity index (χ0v) is 11.0. The van der Waals surface area contributed by atoms with E-state index in [-0.39, 0.29) is 17.0 Å². The van der Waals surface area contributed by atoms with E-state index < -0.39 is 6.04 Å². The number of hydrogen-bond acceptors (Lipinski definition) is 4. The largest absolute Gasteiger partial charge is 0.365 e. The average Bonchev–Trinajstić information content (AvgIpc) is 2.87. The molecule has 2 aromatic rings. The minimum Gasteiger partial charge on any atom is -0.365 e. The topological polar surface area (TPSA) is 92.7 Å². The van der Waals surface area contributed by atoms with Crippen LogP contribution in [0.3, 0.4) is 0 Å². The third kappa shape index (κ3) is 2.48. The van der Waals surface area contributed by atoms with Crippen LogP contribution < -0.4 is 10.7 Å². The van der Waals surface area contributed by atoms with Crippen molar-refractivity contribution in [3.63, 3.8) is 0 Å². The van der Waals surface area contributed by atoms with Gasteiger partial charge in [0.2, 0.25) is 11.3 Å². The summed E-state index contributed by atoms with van der Waals surface area (Å²) in [6.45, 7) is 1.66. The van der Waals surface area contributed by atoms with Crippen LogP contribution in [-0.2, 0) is 4.79 Å². The van der Waals surface area contributed by atoms with Crippen molar-refractivity contribution in [2.75, 3.05) is 5.32 Å². The second-order valence-electron chi connectivity index (χ2n) is 3.59. The molecule has 18 heavy (non-hydrogen) atoms. The van der Waals surface area contributed by atoms with Gasteiger partial charge in [-0.05, 0) is 22.9 Å². The van der Waals surface area contributed by atoms with Gasteiger partial charge in [-0.25, -0.2) is 9.67 Å². The molecule has 0 aromatic carbocycles. The van der Waals surface area contributed by atoms with E-state index >= 15 is 0 Å². The first-order valence-electron chi connectivity index (χ1n) is 5.11. The van der Waals surface area contributed by atoms with Gasteiger partial charge in [-0.3, -0.25) is 9.59 Å². The van der Waals surface area contributed by atoms with Crippen LogP contribution in [0.15, 0.2) is 34.3 Å². The minimum absolute atomic E-state index is 0.182. The molecular weight excluding hydrogens is 302 g/mol. The van der Waals surface area contributed by atoms with Crippen molar-refractivity contribution in [2.24, 2.45) is 0 Å². The molecule has 0 unspecified atom stereocenters. The molecular formula is C10H10BrN5O2. The lowest BCUT2D eigenvalue weighted by Gasteiger charge is -2.11. The number of carbonyl (C=O) groups excluding carboxylic acids is 1. The van der Waals surface area contributed by atoms with Crippen molar-refractivity contribution in [1.29, 1.82) is 0 Å². The number of nitrogens with one attached hydrogen (secondary N) is 2. The van der Waals surface area contributed by atoms with E-state index in [2.05, 4.69) is 36.3 Å². The number of amides is 1. The first kappa shape index (κ1) is 12.5. The third-order valence-electron chi connectivity index (χ3n) is 2.37. The number of aromatic amines is 1. The van der Waals surface area contributed by atoms with Crippen molar-refractivity contribution < 1.29 is 4.79 Å². The minimum atomic E-state index is -0.550. The van der Waals surface area contributed by atoms with E-state index in [1.165, 1.54) is 29.7 Å². The first-order valence-corrected chi connectivity index (χ1v) is 5.90. The highest BCUT2D eigenvalue weighted by Crippen LogP contribution is 2.09. The van der Waals surface area contributed by atoms with Crippen molar-refractivity contribution in [1.82, 2.24) is 19.7 Å². The standard InChI is InChI=1S/C10H10BrN5O2/c1-6(16-5-13-4-14-16)10(18)15-8-3-12-2-7(11)9(8)17/h2-6H,1H3,(H,12,17)(H,15,18)/t6-/m0/s1. The smallest absolute Gasteiger partial charge is 0.249 e. The molecule has 0 aliphatic heterocycles. The molecule has 2 N–H and O–H groups in total. The number of halogens is 1. The first-order chi connectivity index (χ1) is 8.59. The summed E-state index contributed by atoms with van der Waals surface area (Å²) in [6, 6.07) is -0.550. The molecule has 8 heteroatoms. The van der Waals surface area contributed by atoms with Gasteiger partial charge in [0.05, 0.1) is 4.47 Å². The molecule has 1 amide bonds. The SMILES string of the molecule is C[C@@H](C(=O)Nc1c[nH]cc(Br)c1=O)n1cncn1. The highest BCUT2D eigenvalue weighted by atomic mass is 79.9. The monoisotopic (exact) mass is 311 g/mol. The number of pyridine rings is 1. The second kappa shape index (κ2) is 5.13. The average molecular weight is 312 g/mol. The van der Waals surface area contributed by atoms with Crippen LogP contribution in [0, 0.1) is 0 Å². The van der Waals surface area contributed by atoms with Crippen LogP contribution in [0.5, 0.6) is 0 Å². The van der Waals surface area contributed by atoms with E-state index in [0.717, 1.165) is 0 Å². The third-order valence-corrected chi connectivity index (χ3v) is 2.96. The Labute approximate surface area is 110 Å². The van der Waals surface area contributed by atoms with Crippen LogP contribution in [0.2, 0.25) is 0 Å². The van der Waals surface area contributed by atoms with Gasteiger partial charge in [0.15, 0.2) is 0 Å². The van der Waals surface area contributed by atoms with Crippen molar-refractivity contribution >= 4 is 27.5 Å². The van der Waals surface area contributed by atoms with Crippen molar-refractivity contribution in [3.05, 3.63) is 39.7 Å².